The highest BCUT2D eigenvalue weighted by Crippen LogP contribution is 2.30. The molecule has 0 spiro atoms. The van der Waals surface area contributed by atoms with Gasteiger partial charge in [-0.3, -0.25) is 14.5 Å². The lowest BCUT2D eigenvalue weighted by atomic mass is 9.92. The summed E-state index contributed by atoms with van der Waals surface area (Å²) in [4.78, 5) is 42.0. The van der Waals surface area contributed by atoms with Crippen LogP contribution in [0, 0.1) is 0 Å². The Morgan fingerprint density at radius 3 is 2.03 bits per heavy atom. The lowest BCUT2D eigenvalue weighted by molar-refractivity contribution is -0.139. The van der Waals surface area contributed by atoms with Crippen LogP contribution in [0.3, 0.4) is 0 Å². The normalized spacial score (nSPS) is 17.7. The predicted octanol–water partition coefficient (Wildman–Crippen LogP) is 4.45. The van der Waals surface area contributed by atoms with E-state index in [9.17, 15) is 14.4 Å². The lowest BCUT2D eigenvalue weighted by Crippen LogP contribution is -2.44. The number of nitrogens with one attached hydrogen (secondary N) is 1. The van der Waals surface area contributed by atoms with Gasteiger partial charge in [-0.2, -0.15) is 0 Å². The molecule has 1 heterocycles. The molecule has 3 aromatic carbocycles. The van der Waals surface area contributed by atoms with Crippen molar-refractivity contribution in [2.24, 2.45) is 0 Å². The van der Waals surface area contributed by atoms with E-state index in [1.807, 2.05) is 66.7 Å². The molecule has 0 aromatic heterocycles. The van der Waals surface area contributed by atoms with Gasteiger partial charge < -0.3 is 10.2 Å². The zero-order valence-corrected chi connectivity index (χ0v) is 19.8. The largest absolute Gasteiger partial charge is 0.332 e. The molecule has 4 amide bonds. The van der Waals surface area contributed by atoms with E-state index in [1.54, 1.807) is 30.0 Å². The van der Waals surface area contributed by atoms with Crippen LogP contribution >= 0.6 is 15.9 Å². The number of carbonyl (C=O) groups is 3. The maximum Gasteiger partial charge on any atom is 0.325 e. The minimum absolute atomic E-state index is 0.301. The van der Waals surface area contributed by atoms with E-state index < -0.39 is 17.5 Å². The summed E-state index contributed by atoms with van der Waals surface area (Å²) in [7, 11) is 0. The molecule has 3 aromatic rings. The van der Waals surface area contributed by atoms with Crippen LogP contribution in [0.1, 0.15) is 23.6 Å². The molecule has 1 N–H and O–H groups in total. The van der Waals surface area contributed by atoms with Crippen LogP contribution in [-0.2, 0) is 28.2 Å². The molecule has 1 saturated heterocycles. The number of hydrogen-bond donors (Lipinski definition) is 1. The summed E-state index contributed by atoms with van der Waals surface area (Å²) in [5.74, 6) is -0.747. The standard InChI is InChI=1S/C26H24BrN3O3/c1-26(21-13-8-14-22(27)15-21)24(32)30(25(33)28-26)18-23(31)29(16-19-9-4-2-5-10-19)17-20-11-6-3-7-12-20/h2-15H,16-18H2,1H3,(H,28,33)/t26-/m1/s1. The van der Waals surface area contributed by atoms with Gasteiger partial charge in [-0.15, -0.1) is 0 Å². The third-order valence-corrected chi connectivity index (χ3v) is 6.25. The van der Waals surface area contributed by atoms with Crippen molar-refractivity contribution in [3.05, 3.63) is 106 Å². The number of imide groups is 1. The maximum atomic E-state index is 13.3. The van der Waals surface area contributed by atoms with Crippen molar-refractivity contribution < 1.29 is 14.4 Å². The van der Waals surface area contributed by atoms with Gasteiger partial charge in [0.25, 0.3) is 5.91 Å². The van der Waals surface area contributed by atoms with Gasteiger partial charge >= 0.3 is 6.03 Å². The second-order valence-corrected chi connectivity index (χ2v) is 9.09. The van der Waals surface area contributed by atoms with Gasteiger partial charge in [-0.05, 0) is 35.7 Å². The monoisotopic (exact) mass is 505 g/mol. The highest BCUT2D eigenvalue weighted by atomic mass is 79.9. The van der Waals surface area contributed by atoms with Gasteiger partial charge in [0.1, 0.15) is 12.1 Å². The SMILES string of the molecule is C[C@]1(c2cccc(Br)c2)NC(=O)N(CC(=O)N(Cc2ccccc2)Cc2ccccc2)C1=O. The minimum atomic E-state index is -1.23. The van der Waals surface area contributed by atoms with Crippen LogP contribution in [0.15, 0.2) is 89.4 Å². The molecule has 1 aliphatic heterocycles. The van der Waals surface area contributed by atoms with Crippen molar-refractivity contribution in [2.45, 2.75) is 25.6 Å². The van der Waals surface area contributed by atoms with E-state index in [1.165, 1.54) is 0 Å². The molecule has 168 valence electrons. The van der Waals surface area contributed by atoms with Crippen molar-refractivity contribution >= 4 is 33.8 Å². The Kier molecular flexibility index (Phi) is 6.60. The van der Waals surface area contributed by atoms with E-state index in [-0.39, 0.29) is 12.5 Å². The average Bonchev–Trinajstić information content (AvgIpc) is 3.04. The molecule has 1 fully saturated rings. The Morgan fingerprint density at radius 2 is 1.48 bits per heavy atom. The summed E-state index contributed by atoms with van der Waals surface area (Å²) in [5.41, 5.74) is 1.36. The molecule has 0 unspecified atom stereocenters. The van der Waals surface area contributed by atoms with Crippen molar-refractivity contribution in [1.29, 1.82) is 0 Å². The molecular formula is C26H24BrN3O3. The molecule has 1 atom stereocenters. The summed E-state index contributed by atoms with van der Waals surface area (Å²) in [6.07, 6.45) is 0. The summed E-state index contributed by atoms with van der Waals surface area (Å²) in [6, 6.07) is 26.0. The zero-order chi connectivity index (χ0) is 23.4. The van der Waals surface area contributed by atoms with Crippen LogP contribution < -0.4 is 5.32 Å². The smallest absolute Gasteiger partial charge is 0.325 e. The number of rotatable bonds is 7. The highest BCUT2D eigenvalue weighted by Gasteiger charge is 2.49. The molecular weight excluding hydrogens is 482 g/mol. The zero-order valence-electron chi connectivity index (χ0n) is 18.2. The van der Waals surface area contributed by atoms with E-state index in [4.69, 9.17) is 0 Å². The van der Waals surface area contributed by atoms with Crippen LogP contribution in [0.25, 0.3) is 0 Å². The summed E-state index contributed by atoms with van der Waals surface area (Å²) in [6.45, 7) is 2.08. The molecule has 0 bridgehead atoms. The van der Waals surface area contributed by atoms with Gasteiger partial charge in [0.2, 0.25) is 5.91 Å². The Balaban J connectivity index is 1.55. The summed E-state index contributed by atoms with van der Waals surface area (Å²) < 4.78 is 0.801. The van der Waals surface area contributed by atoms with E-state index in [2.05, 4.69) is 21.2 Å². The van der Waals surface area contributed by atoms with E-state index in [0.29, 0.717) is 18.7 Å². The molecule has 1 aliphatic rings. The molecule has 33 heavy (non-hydrogen) atoms. The van der Waals surface area contributed by atoms with Crippen molar-refractivity contribution in [2.75, 3.05) is 6.54 Å². The molecule has 0 radical (unpaired) electrons. The van der Waals surface area contributed by atoms with Crippen molar-refractivity contribution in [3.63, 3.8) is 0 Å². The van der Waals surface area contributed by atoms with Gasteiger partial charge in [-0.1, -0.05) is 88.7 Å². The summed E-state index contributed by atoms with van der Waals surface area (Å²) >= 11 is 3.41. The second kappa shape index (κ2) is 9.58. The summed E-state index contributed by atoms with van der Waals surface area (Å²) in [5, 5.41) is 2.76. The third kappa shape index (κ3) is 4.98. The molecule has 0 saturated carbocycles. The predicted molar refractivity (Wildman–Crippen MR) is 129 cm³/mol. The number of urea groups is 1. The third-order valence-electron chi connectivity index (χ3n) is 5.76. The highest BCUT2D eigenvalue weighted by molar-refractivity contribution is 9.10. The van der Waals surface area contributed by atoms with E-state index in [0.717, 1.165) is 20.5 Å². The topological polar surface area (TPSA) is 69.7 Å². The molecule has 0 aliphatic carbocycles. The quantitative estimate of drug-likeness (QED) is 0.482. The fourth-order valence-corrected chi connectivity index (χ4v) is 4.31. The van der Waals surface area contributed by atoms with Gasteiger partial charge in [-0.25, -0.2) is 4.79 Å². The Morgan fingerprint density at radius 1 is 0.909 bits per heavy atom. The Labute approximate surface area is 201 Å². The van der Waals surface area contributed by atoms with Crippen LogP contribution in [0.4, 0.5) is 4.79 Å². The Bertz CT molecular complexity index is 1130. The first-order chi connectivity index (χ1) is 15.9. The maximum absolute atomic E-state index is 13.3. The Hall–Kier alpha value is -3.45. The fraction of sp³-hybridized carbons (Fsp3) is 0.192. The first-order valence-electron chi connectivity index (χ1n) is 10.6. The van der Waals surface area contributed by atoms with Crippen LogP contribution in [0.2, 0.25) is 0 Å². The number of amides is 4. The molecule has 4 rings (SSSR count). The average molecular weight is 506 g/mol. The first-order valence-corrected chi connectivity index (χ1v) is 11.4. The van der Waals surface area contributed by atoms with Crippen molar-refractivity contribution in [3.8, 4) is 0 Å². The number of hydrogen-bond acceptors (Lipinski definition) is 3. The second-order valence-electron chi connectivity index (χ2n) is 8.18. The first kappa shape index (κ1) is 22.7. The molecule has 6 nitrogen and oxygen atoms in total. The number of nitrogens with zero attached hydrogens (tertiary/aromatic N) is 2. The number of benzene rings is 3. The lowest BCUT2D eigenvalue weighted by Gasteiger charge is -2.26. The minimum Gasteiger partial charge on any atom is -0.332 e. The van der Waals surface area contributed by atoms with Gasteiger partial charge in [0.05, 0.1) is 0 Å². The number of halogens is 1. The molecule has 7 heteroatoms. The fourth-order valence-electron chi connectivity index (χ4n) is 3.91. The van der Waals surface area contributed by atoms with E-state index >= 15 is 0 Å². The van der Waals surface area contributed by atoms with Gasteiger partial charge in [0.15, 0.2) is 0 Å². The number of carbonyl (C=O) groups excluding carboxylic acids is 3. The van der Waals surface area contributed by atoms with Crippen molar-refractivity contribution in [1.82, 2.24) is 15.1 Å². The van der Waals surface area contributed by atoms with Crippen LogP contribution in [-0.4, -0.2) is 34.2 Å². The van der Waals surface area contributed by atoms with Gasteiger partial charge in [0, 0.05) is 17.6 Å². The van der Waals surface area contributed by atoms with Crippen LogP contribution in [0.5, 0.6) is 0 Å².